The minimum Gasteiger partial charge on any atom is -0.112 e. The van der Waals surface area contributed by atoms with Gasteiger partial charge in [0.05, 0.1) is 0 Å². The molecule has 0 spiro atoms. The second-order valence-corrected chi connectivity index (χ2v) is 16.8. The van der Waals surface area contributed by atoms with Crippen LogP contribution in [0.5, 0.6) is 0 Å². The van der Waals surface area contributed by atoms with Gasteiger partial charge in [-0.15, -0.1) is 17.2 Å². The molecule has 0 N–H and O–H groups in total. The van der Waals surface area contributed by atoms with Crippen LogP contribution in [0, 0.1) is 34.5 Å². The third-order valence-electron chi connectivity index (χ3n) is 11.4. The Hall–Kier alpha value is 0.340. The van der Waals surface area contributed by atoms with Crippen molar-refractivity contribution in [2.75, 3.05) is 0 Å². The van der Waals surface area contributed by atoms with E-state index in [0.29, 0.717) is 21.1 Å². The first-order valence-electron chi connectivity index (χ1n) is 12.4. The SMILES string of the molecule is CC1(C23CC4CC(CC(C4)P2)C3)C=CC=CC1(C)C12CC3CC(CC(C3)P1)C2. The summed E-state index contributed by atoms with van der Waals surface area (Å²) >= 11 is 0. The van der Waals surface area contributed by atoms with E-state index in [1.165, 1.54) is 17.2 Å². The largest absolute Gasteiger partial charge is 0.112 e. The zero-order valence-corrected chi connectivity index (χ0v) is 19.8. The summed E-state index contributed by atoms with van der Waals surface area (Å²) < 4.78 is 0. The van der Waals surface area contributed by atoms with Crippen LogP contribution in [0.1, 0.15) is 78.1 Å². The minimum absolute atomic E-state index is 0.391. The van der Waals surface area contributed by atoms with E-state index < -0.39 is 0 Å². The molecule has 4 saturated heterocycles. The third-order valence-corrected chi connectivity index (χ3v) is 16.1. The Morgan fingerprint density at radius 1 is 0.571 bits per heavy atom. The molecule has 152 valence electrons. The number of hydrogen-bond acceptors (Lipinski definition) is 0. The van der Waals surface area contributed by atoms with E-state index in [-0.39, 0.29) is 0 Å². The monoisotopic (exact) mass is 412 g/mol. The highest BCUT2D eigenvalue weighted by Gasteiger charge is 2.69. The van der Waals surface area contributed by atoms with Gasteiger partial charge in [-0.3, -0.25) is 0 Å². The summed E-state index contributed by atoms with van der Waals surface area (Å²) in [4.78, 5) is 0. The molecule has 4 aliphatic heterocycles. The average molecular weight is 413 g/mol. The zero-order chi connectivity index (χ0) is 18.8. The van der Waals surface area contributed by atoms with E-state index in [9.17, 15) is 0 Å². The van der Waals surface area contributed by atoms with Gasteiger partial charge in [-0.2, -0.15) is 0 Å². The van der Waals surface area contributed by atoms with Gasteiger partial charge in [0.2, 0.25) is 0 Å². The lowest BCUT2D eigenvalue weighted by Gasteiger charge is -2.72. The summed E-state index contributed by atoms with van der Waals surface area (Å²) in [5, 5.41) is 1.26. The van der Waals surface area contributed by atoms with Gasteiger partial charge in [0.1, 0.15) is 0 Å². The Labute approximate surface area is 175 Å². The van der Waals surface area contributed by atoms with Crippen molar-refractivity contribution in [3.05, 3.63) is 24.3 Å². The summed E-state index contributed by atoms with van der Waals surface area (Å²) in [5.41, 5.74) is 2.96. The van der Waals surface area contributed by atoms with Gasteiger partial charge in [0, 0.05) is 10.8 Å². The first kappa shape index (κ1) is 18.0. The molecular formula is C26H38P2. The molecule has 8 unspecified atom stereocenters. The maximum Gasteiger partial charge on any atom is 0.00471 e. The fourth-order valence-electron chi connectivity index (χ4n) is 10.5. The fourth-order valence-corrected chi connectivity index (χ4v) is 16.8. The highest BCUT2D eigenvalue weighted by molar-refractivity contribution is 7.41. The predicted molar refractivity (Wildman–Crippen MR) is 124 cm³/mol. The van der Waals surface area contributed by atoms with Crippen molar-refractivity contribution in [3.63, 3.8) is 0 Å². The molecule has 4 saturated carbocycles. The van der Waals surface area contributed by atoms with E-state index in [2.05, 4.69) is 38.2 Å². The molecule has 0 amide bonds. The molecule has 0 nitrogen and oxygen atoms in total. The first-order chi connectivity index (χ1) is 13.4. The highest BCUT2D eigenvalue weighted by atomic mass is 31.1. The zero-order valence-electron chi connectivity index (χ0n) is 17.8. The average Bonchev–Trinajstić information content (AvgIpc) is 2.62. The van der Waals surface area contributed by atoms with Gasteiger partial charge < -0.3 is 0 Å². The Morgan fingerprint density at radius 3 is 1.25 bits per heavy atom. The van der Waals surface area contributed by atoms with Crippen LogP contribution in [0.15, 0.2) is 24.3 Å². The van der Waals surface area contributed by atoms with Gasteiger partial charge in [0.25, 0.3) is 0 Å². The molecule has 8 atom stereocenters. The van der Waals surface area contributed by atoms with Crippen molar-refractivity contribution < 1.29 is 0 Å². The van der Waals surface area contributed by atoms with Crippen LogP contribution in [0.2, 0.25) is 0 Å². The van der Waals surface area contributed by atoms with Gasteiger partial charge >= 0.3 is 0 Å². The lowest BCUT2D eigenvalue weighted by Crippen LogP contribution is -2.67. The minimum atomic E-state index is 0.391. The summed E-state index contributed by atoms with van der Waals surface area (Å²) in [6.07, 6.45) is 26.2. The van der Waals surface area contributed by atoms with Gasteiger partial charge in [0.15, 0.2) is 0 Å². The van der Waals surface area contributed by atoms with Crippen molar-refractivity contribution in [2.24, 2.45) is 34.5 Å². The Balaban J connectivity index is 1.36. The maximum absolute atomic E-state index is 2.77. The quantitative estimate of drug-likeness (QED) is 0.423. The molecule has 8 fully saturated rings. The predicted octanol–water partition coefficient (Wildman–Crippen LogP) is 7.14. The van der Waals surface area contributed by atoms with E-state index in [1.807, 2.05) is 0 Å². The summed E-state index contributed by atoms with van der Waals surface area (Å²) in [7, 11) is 2.49. The van der Waals surface area contributed by atoms with Crippen molar-refractivity contribution in [2.45, 2.75) is 99.7 Å². The molecule has 0 aromatic carbocycles. The number of hydrogen-bond donors (Lipinski definition) is 0. The molecule has 8 bridgehead atoms. The smallest absolute Gasteiger partial charge is 0.00471 e. The molecular weight excluding hydrogens is 374 g/mol. The van der Waals surface area contributed by atoms with Crippen molar-refractivity contribution >= 4 is 17.2 Å². The summed E-state index contributed by atoms with van der Waals surface area (Å²) in [5.74, 6) is 4.27. The van der Waals surface area contributed by atoms with Crippen LogP contribution < -0.4 is 0 Å². The summed E-state index contributed by atoms with van der Waals surface area (Å²) in [6.45, 7) is 5.55. The Morgan fingerprint density at radius 2 is 0.929 bits per heavy atom. The molecule has 2 heteroatoms. The van der Waals surface area contributed by atoms with Gasteiger partial charge in [-0.25, -0.2) is 0 Å². The first-order valence-corrected chi connectivity index (χ1v) is 14.5. The molecule has 0 aromatic rings. The van der Waals surface area contributed by atoms with E-state index in [1.54, 1.807) is 64.2 Å². The number of rotatable bonds is 2. The van der Waals surface area contributed by atoms with E-state index in [4.69, 9.17) is 0 Å². The lowest BCUT2D eigenvalue weighted by atomic mass is 9.44. The van der Waals surface area contributed by atoms with Gasteiger partial charge in [-0.05, 0) is 110 Å². The van der Waals surface area contributed by atoms with Gasteiger partial charge in [-0.1, -0.05) is 38.2 Å². The van der Waals surface area contributed by atoms with Crippen molar-refractivity contribution in [3.8, 4) is 0 Å². The Kier molecular flexibility index (Phi) is 3.58. The maximum atomic E-state index is 2.77. The molecule has 5 aliphatic carbocycles. The third kappa shape index (κ3) is 2.07. The van der Waals surface area contributed by atoms with Crippen LogP contribution in [-0.4, -0.2) is 21.6 Å². The molecule has 9 aliphatic rings. The van der Waals surface area contributed by atoms with Crippen molar-refractivity contribution in [1.29, 1.82) is 0 Å². The van der Waals surface area contributed by atoms with Crippen molar-refractivity contribution in [1.82, 2.24) is 0 Å². The fraction of sp³-hybridized carbons (Fsp3) is 0.846. The van der Waals surface area contributed by atoms with E-state index >= 15 is 0 Å². The molecule has 28 heavy (non-hydrogen) atoms. The molecule has 0 aromatic heterocycles. The summed E-state index contributed by atoms with van der Waals surface area (Å²) in [6, 6.07) is 0. The molecule has 0 radical (unpaired) electrons. The van der Waals surface area contributed by atoms with Crippen LogP contribution >= 0.6 is 17.2 Å². The standard InChI is InChI=1S/C26H38P2/c1-23(25-13-17-7-18(14-25)10-21(9-17)27-25)5-3-4-6-24(23,2)26-15-19-8-20(16-26)12-22(11-19)28-26/h3-6,17-22,27-28H,7-16H2,1-2H3. The Bertz CT molecular complexity index is 628. The molecule has 4 heterocycles. The topological polar surface area (TPSA) is 0 Å². The normalized spacial score (nSPS) is 65.1. The van der Waals surface area contributed by atoms with Crippen LogP contribution in [0.3, 0.4) is 0 Å². The van der Waals surface area contributed by atoms with Crippen LogP contribution in [0.4, 0.5) is 0 Å². The molecule has 9 rings (SSSR count). The second kappa shape index (κ2) is 5.57. The van der Waals surface area contributed by atoms with Crippen LogP contribution in [0.25, 0.3) is 0 Å². The van der Waals surface area contributed by atoms with E-state index in [0.717, 1.165) is 35.0 Å². The number of allylic oxidation sites excluding steroid dienone is 4. The second-order valence-electron chi connectivity index (χ2n) is 12.7. The lowest BCUT2D eigenvalue weighted by molar-refractivity contribution is -0.0269. The van der Waals surface area contributed by atoms with Crippen LogP contribution in [-0.2, 0) is 0 Å². The highest BCUT2D eigenvalue weighted by Crippen LogP contribution is 2.79.